The number of benzene rings is 1. The van der Waals surface area contributed by atoms with E-state index in [0.717, 1.165) is 0 Å². The Bertz CT molecular complexity index is 308. The average molecular weight is 179 g/mol. The molecule has 0 bridgehead atoms. The highest BCUT2D eigenvalue weighted by molar-refractivity contribution is 5.94. The van der Waals surface area contributed by atoms with Crippen molar-refractivity contribution in [3.05, 3.63) is 48.3 Å². The van der Waals surface area contributed by atoms with Crippen LogP contribution in [0.4, 0.5) is 4.39 Å². The van der Waals surface area contributed by atoms with Crippen molar-refractivity contribution in [2.45, 2.75) is 0 Å². The molecule has 1 aromatic rings. The first-order chi connectivity index (χ1) is 6.20. The predicted octanol–water partition coefficient (Wildman–Crippen LogP) is 1.90. The maximum atomic E-state index is 12.2. The van der Waals surface area contributed by atoms with Gasteiger partial charge in [-0.2, -0.15) is 0 Å². The van der Waals surface area contributed by atoms with Crippen LogP contribution in [0, 0.1) is 0 Å². The minimum atomic E-state index is -0.552. The van der Waals surface area contributed by atoms with Gasteiger partial charge in [0.1, 0.15) is 5.83 Å². The van der Waals surface area contributed by atoms with Crippen molar-refractivity contribution in [3.63, 3.8) is 0 Å². The third-order valence-electron chi connectivity index (χ3n) is 1.48. The van der Waals surface area contributed by atoms with Crippen molar-refractivity contribution in [2.24, 2.45) is 0 Å². The van der Waals surface area contributed by atoms with Crippen LogP contribution in [-0.2, 0) is 0 Å². The van der Waals surface area contributed by atoms with Crippen LogP contribution in [0.25, 0.3) is 0 Å². The van der Waals surface area contributed by atoms with E-state index in [2.05, 4.69) is 11.9 Å². The minimum Gasteiger partial charge on any atom is -0.346 e. The Kier molecular flexibility index (Phi) is 3.20. The van der Waals surface area contributed by atoms with E-state index in [0.29, 0.717) is 5.56 Å². The van der Waals surface area contributed by atoms with Crippen molar-refractivity contribution in [2.75, 3.05) is 6.54 Å². The van der Waals surface area contributed by atoms with Gasteiger partial charge in [-0.05, 0) is 12.1 Å². The molecule has 0 saturated heterocycles. The van der Waals surface area contributed by atoms with Gasteiger partial charge < -0.3 is 5.32 Å². The van der Waals surface area contributed by atoms with E-state index in [1.807, 2.05) is 6.07 Å². The summed E-state index contributed by atoms with van der Waals surface area (Å²) in [6, 6.07) is 8.63. The second-order valence-electron chi connectivity index (χ2n) is 2.57. The van der Waals surface area contributed by atoms with Gasteiger partial charge in [-0.25, -0.2) is 4.39 Å². The topological polar surface area (TPSA) is 29.1 Å². The fraction of sp³-hybridized carbons (Fsp3) is 0.100. The second kappa shape index (κ2) is 4.40. The zero-order valence-corrected chi connectivity index (χ0v) is 7.09. The molecule has 0 atom stereocenters. The van der Waals surface area contributed by atoms with Crippen LogP contribution in [0.3, 0.4) is 0 Å². The Labute approximate surface area is 76.1 Å². The van der Waals surface area contributed by atoms with E-state index >= 15 is 0 Å². The summed E-state index contributed by atoms with van der Waals surface area (Å²) >= 11 is 0. The van der Waals surface area contributed by atoms with Crippen LogP contribution in [0.15, 0.2) is 42.7 Å². The molecule has 3 heteroatoms. The smallest absolute Gasteiger partial charge is 0.251 e. The van der Waals surface area contributed by atoms with Crippen molar-refractivity contribution < 1.29 is 9.18 Å². The lowest BCUT2D eigenvalue weighted by Crippen LogP contribution is -2.24. The number of halogens is 1. The fourth-order valence-corrected chi connectivity index (χ4v) is 0.868. The quantitative estimate of drug-likeness (QED) is 0.754. The number of hydrogen-bond acceptors (Lipinski definition) is 1. The minimum absolute atomic E-state index is 0.131. The number of amides is 1. The highest BCUT2D eigenvalue weighted by atomic mass is 19.1. The number of carbonyl (C=O) groups is 1. The SMILES string of the molecule is C=C(F)CNC(=O)c1ccccc1. The lowest BCUT2D eigenvalue weighted by Gasteiger charge is -2.01. The first-order valence-electron chi connectivity index (χ1n) is 3.86. The second-order valence-corrected chi connectivity index (χ2v) is 2.57. The normalized spacial score (nSPS) is 9.31. The van der Waals surface area contributed by atoms with Crippen molar-refractivity contribution in [1.29, 1.82) is 0 Å². The molecular formula is C10H10FNO. The van der Waals surface area contributed by atoms with E-state index in [1.54, 1.807) is 24.3 Å². The molecule has 0 unspecified atom stereocenters. The predicted molar refractivity (Wildman–Crippen MR) is 49.0 cm³/mol. The lowest BCUT2D eigenvalue weighted by atomic mass is 10.2. The van der Waals surface area contributed by atoms with Crippen molar-refractivity contribution in [3.8, 4) is 0 Å². The van der Waals surface area contributed by atoms with Gasteiger partial charge in [0.25, 0.3) is 5.91 Å². The van der Waals surface area contributed by atoms with Crippen LogP contribution in [0.2, 0.25) is 0 Å². The van der Waals surface area contributed by atoms with Crippen LogP contribution in [0.5, 0.6) is 0 Å². The largest absolute Gasteiger partial charge is 0.346 e. The number of carbonyl (C=O) groups excluding carboxylic acids is 1. The lowest BCUT2D eigenvalue weighted by molar-refractivity contribution is 0.0955. The molecule has 13 heavy (non-hydrogen) atoms. The Hall–Kier alpha value is -1.64. The van der Waals surface area contributed by atoms with E-state index in [-0.39, 0.29) is 12.5 Å². The molecule has 0 aliphatic heterocycles. The van der Waals surface area contributed by atoms with Gasteiger partial charge in [-0.1, -0.05) is 24.8 Å². The van der Waals surface area contributed by atoms with E-state index in [4.69, 9.17) is 0 Å². The summed E-state index contributed by atoms with van der Waals surface area (Å²) in [7, 11) is 0. The first-order valence-corrected chi connectivity index (χ1v) is 3.86. The van der Waals surface area contributed by atoms with Gasteiger partial charge in [-0.15, -0.1) is 0 Å². The summed E-state index contributed by atoms with van der Waals surface area (Å²) in [5.74, 6) is -0.844. The molecule has 0 aliphatic rings. The maximum Gasteiger partial charge on any atom is 0.251 e. The molecule has 0 radical (unpaired) electrons. The molecule has 1 N–H and O–H groups in total. The molecule has 0 saturated carbocycles. The van der Waals surface area contributed by atoms with Gasteiger partial charge in [0, 0.05) is 5.56 Å². The summed E-state index contributed by atoms with van der Waals surface area (Å²) < 4.78 is 12.2. The molecular weight excluding hydrogens is 169 g/mol. The van der Waals surface area contributed by atoms with E-state index < -0.39 is 5.83 Å². The molecule has 0 aromatic heterocycles. The van der Waals surface area contributed by atoms with Gasteiger partial charge in [0.15, 0.2) is 0 Å². The fourth-order valence-electron chi connectivity index (χ4n) is 0.868. The maximum absolute atomic E-state index is 12.2. The summed E-state index contributed by atoms with van der Waals surface area (Å²) in [6.45, 7) is 2.91. The van der Waals surface area contributed by atoms with Gasteiger partial charge in [-0.3, -0.25) is 4.79 Å². The molecule has 0 fully saturated rings. The first kappa shape index (κ1) is 9.45. The number of nitrogens with one attached hydrogen (secondary N) is 1. The molecule has 0 aliphatic carbocycles. The molecule has 0 spiro atoms. The van der Waals surface area contributed by atoms with Crippen LogP contribution in [-0.4, -0.2) is 12.5 Å². The van der Waals surface area contributed by atoms with Crippen molar-refractivity contribution in [1.82, 2.24) is 5.32 Å². The summed E-state index contributed by atoms with van der Waals surface area (Å²) in [6.07, 6.45) is 0. The van der Waals surface area contributed by atoms with Crippen LogP contribution in [0.1, 0.15) is 10.4 Å². The zero-order valence-electron chi connectivity index (χ0n) is 7.09. The zero-order chi connectivity index (χ0) is 9.68. The van der Waals surface area contributed by atoms with Gasteiger partial charge >= 0.3 is 0 Å². The van der Waals surface area contributed by atoms with Crippen LogP contribution >= 0.6 is 0 Å². The monoisotopic (exact) mass is 179 g/mol. The summed E-state index contributed by atoms with van der Waals surface area (Å²) in [5, 5.41) is 2.38. The van der Waals surface area contributed by atoms with Crippen LogP contribution < -0.4 is 5.32 Å². The van der Waals surface area contributed by atoms with Gasteiger partial charge in [0.05, 0.1) is 6.54 Å². The highest BCUT2D eigenvalue weighted by Crippen LogP contribution is 1.98. The third kappa shape index (κ3) is 3.07. The number of rotatable bonds is 3. The standard InChI is InChI=1S/C10H10FNO/c1-8(11)7-12-10(13)9-5-3-2-4-6-9/h2-6H,1,7H2,(H,12,13). The molecule has 1 rings (SSSR count). The molecule has 2 nitrogen and oxygen atoms in total. The Balaban J connectivity index is 2.54. The summed E-state index contributed by atoms with van der Waals surface area (Å²) in [5.41, 5.74) is 0.517. The molecule has 1 amide bonds. The summed E-state index contributed by atoms with van der Waals surface area (Å²) in [4.78, 5) is 11.2. The molecule has 0 heterocycles. The highest BCUT2D eigenvalue weighted by Gasteiger charge is 2.02. The van der Waals surface area contributed by atoms with E-state index in [1.165, 1.54) is 0 Å². The Morgan fingerprint density at radius 3 is 2.54 bits per heavy atom. The third-order valence-corrected chi connectivity index (χ3v) is 1.48. The Morgan fingerprint density at radius 1 is 1.38 bits per heavy atom. The van der Waals surface area contributed by atoms with E-state index in [9.17, 15) is 9.18 Å². The Morgan fingerprint density at radius 2 is 2.00 bits per heavy atom. The molecule has 1 aromatic carbocycles. The van der Waals surface area contributed by atoms with Crippen molar-refractivity contribution >= 4 is 5.91 Å². The number of hydrogen-bond donors (Lipinski definition) is 1. The average Bonchev–Trinajstić information content (AvgIpc) is 2.15. The van der Waals surface area contributed by atoms with Gasteiger partial charge in [0.2, 0.25) is 0 Å². The molecule has 68 valence electrons.